The smallest absolute Gasteiger partial charge is 0.332 e. The number of pyridine rings is 1. The predicted molar refractivity (Wildman–Crippen MR) is 193 cm³/mol. The number of cyclic esters (lactones) is 2. The van der Waals surface area contributed by atoms with E-state index in [4.69, 9.17) is 18.9 Å². The number of hydrogen-bond acceptors (Lipinski definition) is 10. The minimum Gasteiger partial charge on any atom is -0.503 e. The van der Waals surface area contributed by atoms with E-state index in [0.29, 0.717) is 6.42 Å². The summed E-state index contributed by atoms with van der Waals surface area (Å²) in [6.45, 7) is 3.26. The first-order chi connectivity index (χ1) is 24.7. The highest BCUT2D eigenvalue weighted by atomic mass is 16.6. The maximum Gasteiger partial charge on any atom is 0.332 e. The molecule has 0 radical (unpaired) electrons. The van der Waals surface area contributed by atoms with Crippen molar-refractivity contribution in [3.05, 3.63) is 53.9 Å². The van der Waals surface area contributed by atoms with Crippen LogP contribution in [0.5, 0.6) is 11.5 Å². The first-order valence-electron chi connectivity index (χ1n) is 18.9. The Balaban J connectivity index is 1.52. The number of esters is 3. The molecule has 0 spiro atoms. The zero-order valence-electron chi connectivity index (χ0n) is 30.7. The molecule has 0 bridgehead atoms. The van der Waals surface area contributed by atoms with Gasteiger partial charge < -0.3 is 29.4 Å². The lowest BCUT2D eigenvalue weighted by Gasteiger charge is -2.29. The van der Waals surface area contributed by atoms with Crippen molar-refractivity contribution in [1.82, 2.24) is 10.3 Å². The molecule has 2 aromatic rings. The Morgan fingerprint density at radius 1 is 0.863 bits per heavy atom. The third kappa shape index (κ3) is 14.5. The minimum absolute atomic E-state index is 0.0185. The number of aromatic hydroxyl groups is 1. The van der Waals surface area contributed by atoms with Crippen LogP contribution in [0.1, 0.15) is 133 Å². The summed E-state index contributed by atoms with van der Waals surface area (Å²) in [5.74, 6) is -4.44. The molecule has 1 aliphatic rings. The Morgan fingerprint density at radius 2 is 1.45 bits per heavy atom. The molecule has 11 nitrogen and oxygen atoms in total. The van der Waals surface area contributed by atoms with Crippen molar-refractivity contribution in [3.63, 3.8) is 0 Å². The molecule has 2 heterocycles. The fourth-order valence-electron chi connectivity index (χ4n) is 6.33. The summed E-state index contributed by atoms with van der Waals surface area (Å²) in [6.07, 6.45) is 17.7. The van der Waals surface area contributed by atoms with E-state index in [1.54, 1.807) is 6.92 Å². The molecule has 2 N–H and O–H groups in total. The van der Waals surface area contributed by atoms with Crippen molar-refractivity contribution in [2.45, 2.75) is 141 Å². The van der Waals surface area contributed by atoms with Crippen molar-refractivity contribution >= 4 is 23.8 Å². The van der Waals surface area contributed by atoms with E-state index in [1.807, 2.05) is 30.3 Å². The van der Waals surface area contributed by atoms with Gasteiger partial charge in [0.05, 0.1) is 7.11 Å². The quantitative estimate of drug-likeness (QED) is 0.0718. The number of ether oxygens (including phenoxy) is 4. The van der Waals surface area contributed by atoms with Crippen LogP contribution < -0.4 is 10.1 Å². The van der Waals surface area contributed by atoms with E-state index < -0.39 is 60.3 Å². The molecule has 0 aliphatic carbocycles. The highest BCUT2D eigenvalue weighted by Crippen LogP contribution is 2.28. The minimum atomic E-state index is -1.41. The van der Waals surface area contributed by atoms with E-state index in [1.165, 1.54) is 90.0 Å². The number of nitrogens with one attached hydrogen (secondary N) is 1. The second-order valence-corrected chi connectivity index (χ2v) is 13.5. The predicted octanol–water partition coefficient (Wildman–Crippen LogP) is 7.41. The fourth-order valence-corrected chi connectivity index (χ4v) is 6.33. The van der Waals surface area contributed by atoms with Crippen LogP contribution in [-0.4, -0.2) is 65.9 Å². The number of nitrogens with zero attached hydrogens (tertiary/aromatic N) is 1. The molecule has 1 saturated heterocycles. The number of amides is 1. The first-order valence-corrected chi connectivity index (χ1v) is 18.9. The number of methoxy groups -OCH3 is 1. The second-order valence-electron chi connectivity index (χ2n) is 13.5. The topological polar surface area (TPSA) is 150 Å². The zero-order valence-corrected chi connectivity index (χ0v) is 30.7. The van der Waals surface area contributed by atoms with Crippen LogP contribution in [0.3, 0.4) is 0 Å². The molecule has 2 unspecified atom stereocenters. The van der Waals surface area contributed by atoms with Crippen LogP contribution in [-0.2, 0) is 35.0 Å². The van der Waals surface area contributed by atoms with Gasteiger partial charge in [-0.05, 0) is 25.3 Å². The number of benzene rings is 1. The molecular formula is C40H58N2O9. The van der Waals surface area contributed by atoms with Crippen LogP contribution in [0, 0.1) is 5.92 Å². The molecule has 4 atom stereocenters. The van der Waals surface area contributed by atoms with E-state index in [0.717, 1.165) is 24.8 Å². The second kappa shape index (κ2) is 23.3. The molecule has 1 fully saturated rings. The van der Waals surface area contributed by atoms with Gasteiger partial charge in [-0.2, -0.15) is 0 Å². The van der Waals surface area contributed by atoms with E-state index in [9.17, 15) is 24.3 Å². The SMILES string of the molecule is CCCCCCCCCCCCCCCCCC(=O)OC1[C@H](C)OC(=O)C(NC(=O)c2nccc(OC)c2O)COC(=O)[C@@H]1Cc1ccccc1. The maximum absolute atomic E-state index is 13.6. The normalized spacial score (nSPS) is 19.2. The number of rotatable bonds is 22. The van der Waals surface area contributed by atoms with Gasteiger partial charge >= 0.3 is 17.9 Å². The Labute approximate surface area is 303 Å². The van der Waals surface area contributed by atoms with Crippen molar-refractivity contribution in [3.8, 4) is 11.5 Å². The van der Waals surface area contributed by atoms with Gasteiger partial charge in [0.25, 0.3) is 5.91 Å². The van der Waals surface area contributed by atoms with Crippen molar-refractivity contribution in [1.29, 1.82) is 0 Å². The van der Waals surface area contributed by atoms with E-state index >= 15 is 0 Å². The largest absolute Gasteiger partial charge is 0.503 e. The third-order valence-electron chi connectivity index (χ3n) is 9.32. The van der Waals surface area contributed by atoms with Gasteiger partial charge in [-0.1, -0.05) is 127 Å². The summed E-state index contributed by atoms with van der Waals surface area (Å²) in [4.78, 5) is 56.8. The summed E-state index contributed by atoms with van der Waals surface area (Å²) in [5.41, 5.74) is 0.430. The fraction of sp³-hybridized carbons (Fsp3) is 0.625. The molecule has 0 saturated carbocycles. The highest BCUT2D eigenvalue weighted by Gasteiger charge is 2.42. The Morgan fingerprint density at radius 3 is 2.04 bits per heavy atom. The molecule has 3 rings (SSSR count). The Hall–Kier alpha value is -4.15. The van der Waals surface area contributed by atoms with Gasteiger partial charge in [0.2, 0.25) is 0 Å². The third-order valence-corrected chi connectivity index (χ3v) is 9.32. The van der Waals surface area contributed by atoms with Gasteiger partial charge in [-0.3, -0.25) is 14.4 Å². The number of hydrogen-bond donors (Lipinski definition) is 2. The van der Waals surface area contributed by atoms with Crippen LogP contribution >= 0.6 is 0 Å². The van der Waals surface area contributed by atoms with E-state index in [-0.39, 0.29) is 24.3 Å². The van der Waals surface area contributed by atoms with Gasteiger partial charge in [0.15, 0.2) is 29.3 Å². The van der Waals surface area contributed by atoms with Crippen LogP contribution in [0.25, 0.3) is 0 Å². The van der Waals surface area contributed by atoms with Crippen LogP contribution in [0.2, 0.25) is 0 Å². The van der Waals surface area contributed by atoms with Crippen molar-refractivity contribution in [2.75, 3.05) is 13.7 Å². The van der Waals surface area contributed by atoms with E-state index in [2.05, 4.69) is 17.2 Å². The Bertz CT molecular complexity index is 1350. The first kappa shape index (κ1) is 41.3. The summed E-state index contributed by atoms with van der Waals surface area (Å²) >= 11 is 0. The molecule has 1 aliphatic heterocycles. The average molecular weight is 711 g/mol. The van der Waals surface area contributed by atoms with Gasteiger partial charge in [0.1, 0.15) is 18.6 Å². The zero-order chi connectivity index (χ0) is 36.8. The molecule has 1 amide bonds. The van der Waals surface area contributed by atoms with Crippen molar-refractivity contribution < 1.29 is 43.2 Å². The average Bonchev–Trinajstić information content (AvgIpc) is 3.16. The lowest BCUT2D eigenvalue weighted by Crippen LogP contribution is -2.46. The summed E-state index contributed by atoms with van der Waals surface area (Å²) in [5, 5.41) is 12.8. The number of aromatic nitrogens is 1. The monoisotopic (exact) mass is 710 g/mol. The highest BCUT2D eigenvalue weighted by molar-refractivity contribution is 5.98. The van der Waals surface area contributed by atoms with Crippen molar-refractivity contribution in [2.24, 2.45) is 5.92 Å². The number of carbonyl (C=O) groups excluding carboxylic acids is 4. The standard InChI is InChI=1S/C40H58N2O9/c1-4-5-6-7-8-9-10-11-12-13-14-15-16-17-21-24-34(43)51-37-29(2)50-40(47)32(42-38(45)35-36(44)33(48-3)25-26-41-35)28-49-39(46)31(37)27-30-22-19-18-20-23-30/h18-20,22-23,25-26,29,31-32,37,44H,4-17,21,24,27-28H2,1-3H3,(H,42,45)/t29-,31+,32?,37?/m0/s1. The lowest BCUT2D eigenvalue weighted by molar-refractivity contribution is -0.174. The maximum atomic E-state index is 13.6. The summed E-state index contributed by atoms with van der Waals surface area (Å²) in [6, 6.07) is 9.19. The molecule has 1 aromatic heterocycles. The summed E-state index contributed by atoms with van der Waals surface area (Å²) in [7, 11) is 1.32. The van der Waals surface area contributed by atoms with Crippen LogP contribution in [0.4, 0.5) is 0 Å². The number of carbonyl (C=O) groups is 4. The lowest BCUT2D eigenvalue weighted by atomic mass is 9.91. The molecule has 282 valence electrons. The van der Waals surface area contributed by atoms with Gasteiger partial charge in [0, 0.05) is 18.7 Å². The molecule has 51 heavy (non-hydrogen) atoms. The molecule has 11 heteroatoms. The van der Waals surface area contributed by atoms with Crippen LogP contribution in [0.15, 0.2) is 42.6 Å². The van der Waals surface area contributed by atoms with Gasteiger partial charge in [-0.25, -0.2) is 9.78 Å². The number of unbranched alkanes of at least 4 members (excludes halogenated alkanes) is 14. The Kier molecular flexibility index (Phi) is 18.9. The van der Waals surface area contributed by atoms with Gasteiger partial charge in [-0.15, -0.1) is 0 Å². The molecule has 1 aromatic carbocycles. The summed E-state index contributed by atoms with van der Waals surface area (Å²) < 4.78 is 22.1. The molecular weight excluding hydrogens is 652 g/mol.